The number of aliphatic hydroxyl groups is 1. The molecule has 7 heteroatoms. The largest absolute Gasteiger partial charge is 0.394 e. The van der Waals surface area contributed by atoms with Crippen LogP contribution in [0.2, 0.25) is 0 Å². The summed E-state index contributed by atoms with van der Waals surface area (Å²) >= 11 is 0. The number of ketones is 1. The Balaban J connectivity index is 0.000000479. The Bertz CT molecular complexity index is 381. The Labute approximate surface area is 169 Å². The van der Waals surface area contributed by atoms with Crippen LogP contribution in [0.25, 0.3) is 0 Å². The average Bonchev–Trinajstić information content (AvgIpc) is 2.68. The Morgan fingerprint density at radius 2 is 1.58 bits per heavy atom. The van der Waals surface area contributed by atoms with Gasteiger partial charge >= 0.3 is 0 Å². The molecule has 0 aliphatic heterocycles. The van der Waals surface area contributed by atoms with Crippen molar-refractivity contribution in [2.75, 3.05) is 40.1 Å². The Morgan fingerprint density at radius 1 is 1.04 bits per heavy atom. The maximum atomic E-state index is 11.9. The minimum absolute atomic E-state index is 0. The van der Waals surface area contributed by atoms with E-state index in [1.165, 1.54) is 19.3 Å². The molecule has 0 spiro atoms. The molecule has 0 heterocycles. The van der Waals surface area contributed by atoms with E-state index in [0.29, 0.717) is 44.2 Å². The second-order valence-electron chi connectivity index (χ2n) is 6.99. The third kappa shape index (κ3) is 7.79. The van der Waals surface area contributed by atoms with Crippen molar-refractivity contribution >= 4 is 12.1 Å². The van der Waals surface area contributed by atoms with Crippen molar-refractivity contribution in [1.82, 2.24) is 5.32 Å². The quantitative estimate of drug-likeness (QED) is 0.401. The van der Waals surface area contributed by atoms with E-state index in [0.717, 1.165) is 32.0 Å². The molecule has 2 bridgehead atoms. The van der Waals surface area contributed by atoms with Crippen molar-refractivity contribution in [2.45, 2.75) is 63.8 Å². The van der Waals surface area contributed by atoms with Crippen LogP contribution < -0.4 is 5.32 Å². The smallest absolute Gasteiger partial charge is 0.138 e. The van der Waals surface area contributed by atoms with Gasteiger partial charge in [0.05, 0.1) is 33.0 Å². The molecule has 3 fully saturated rings. The average molecular weight is 408 g/mol. The van der Waals surface area contributed by atoms with Crippen LogP contribution in [-0.2, 0) is 37.6 Å². The first kappa shape index (κ1) is 25.8. The van der Waals surface area contributed by atoms with Gasteiger partial charge < -0.3 is 24.7 Å². The number of ether oxygens (including phenoxy) is 2. The molecule has 2 N–H and O–H groups in total. The first-order valence-electron chi connectivity index (χ1n) is 9.50. The first-order valence-corrected chi connectivity index (χ1v) is 9.50. The molecule has 0 aromatic rings. The molecule has 3 aliphatic carbocycles. The number of fused-ring (bicyclic) bond motifs is 3. The van der Waals surface area contributed by atoms with Crippen LogP contribution in [-0.4, -0.2) is 62.8 Å². The number of nitrogens with one attached hydrogen (secondary N) is 1. The van der Waals surface area contributed by atoms with Crippen molar-refractivity contribution < 1.29 is 42.7 Å². The molecule has 0 amide bonds. The molecule has 0 aromatic carbocycles. The standard InChI is InChI=1S/C12H21NO.C7H14O4.V/c1-3-10(14)11-4-7-12(13-2,8-5-11)9-6-11;8-2-1-4-10-6-7-11-5-3-9;/h13H,3-9H2,1-2H3;2,9H,1,3-7H2;. The number of carbonyl (C=O) groups is 2. The SMILES string of the molecule is CCC(=O)C12CCC(NC)(CC1)CC2.O=CCCOCCOCCO.[V]. The Kier molecular flexibility index (Phi) is 13.7. The van der Waals surface area contributed by atoms with E-state index < -0.39 is 0 Å². The molecule has 6 nitrogen and oxygen atoms in total. The molecule has 3 rings (SSSR count). The molecular formula is C19H35NO5V. The number of rotatable bonds is 11. The first-order chi connectivity index (χ1) is 12.1. The zero-order chi connectivity index (χ0) is 18.6. The molecule has 0 unspecified atom stereocenters. The van der Waals surface area contributed by atoms with Crippen LogP contribution in [0.1, 0.15) is 58.3 Å². The molecule has 1 radical (unpaired) electrons. The van der Waals surface area contributed by atoms with Crippen LogP contribution in [0.3, 0.4) is 0 Å². The van der Waals surface area contributed by atoms with Gasteiger partial charge in [-0.3, -0.25) is 4.79 Å². The number of Topliss-reactive ketones (excluding diaryl/α,β-unsaturated/α-hetero) is 1. The number of aldehydes is 1. The van der Waals surface area contributed by atoms with Crippen molar-refractivity contribution in [3.8, 4) is 0 Å². The molecule has 0 saturated heterocycles. The third-order valence-corrected chi connectivity index (χ3v) is 5.68. The number of hydrogen-bond donors (Lipinski definition) is 2. The second kappa shape index (κ2) is 13.9. The molecule has 3 saturated carbocycles. The molecule has 3 aliphatic rings. The summed E-state index contributed by atoms with van der Waals surface area (Å²) in [5.41, 5.74) is 0.475. The normalized spacial score (nSPS) is 26.4. The van der Waals surface area contributed by atoms with Crippen LogP contribution in [0, 0.1) is 5.41 Å². The molecule has 26 heavy (non-hydrogen) atoms. The zero-order valence-corrected chi connectivity index (χ0v) is 17.7. The van der Waals surface area contributed by atoms with Gasteiger partial charge in [-0.15, -0.1) is 0 Å². The van der Waals surface area contributed by atoms with Gasteiger partial charge in [-0.05, 0) is 45.6 Å². The molecule has 151 valence electrons. The molecular weight excluding hydrogens is 373 g/mol. The second-order valence-corrected chi connectivity index (χ2v) is 6.99. The summed E-state index contributed by atoms with van der Waals surface area (Å²) < 4.78 is 9.88. The maximum Gasteiger partial charge on any atom is 0.138 e. The summed E-state index contributed by atoms with van der Waals surface area (Å²) in [6.07, 6.45) is 8.96. The summed E-state index contributed by atoms with van der Waals surface area (Å²) in [6.45, 7) is 3.79. The van der Waals surface area contributed by atoms with Crippen molar-refractivity contribution in [1.29, 1.82) is 0 Å². The minimum atomic E-state index is 0. The minimum Gasteiger partial charge on any atom is -0.394 e. The fourth-order valence-electron chi connectivity index (χ4n) is 3.87. The van der Waals surface area contributed by atoms with Crippen LogP contribution in [0.5, 0.6) is 0 Å². The van der Waals surface area contributed by atoms with Crippen LogP contribution in [0.4, 0.5) is 0 Å². The van der Waals surface area contributed by atoms with Gasteiger partial charge in [0.25, 0.3) is 0 Å². The monoisotopic (exact) mass is 408 g/mol. The Hall–Kier alpha value is -0.236. The number of aliphatic hydroxyl groups excluding tert-OH is 1. The van der Waals surface area contributed by atoms with Gasteiger partial charge in [0, 0.05) is 42.4 Å². The van der Waals surface area contributed by atoms with Crippen molar-refractivity contribution in [3.63, 3.8) is 0 Å². The van der Waals surface area contributed by atoms with E-state index in [1.807, 2.05) is 6.92 Å². The summed E-state index contributed by atoms with van der Waals surface area (Å²) in [7, 11) is 2.07. The summed E-state index contributed by atoms with van der Waals surface area (Å²) in [6, 6.07) is 0. The van der Waals surface area contributed by atoms with Gasteiger partial charge in [0.1, 0.15) is 12.1 Å². The predicted molar refractivity (Wildman–Crippen MR) is 96.6 cm³/mol. The van der Waals surface area contributed by atoms with Gasteiger partial charge in [-0.1, -0.05) is 6.92 Å². The van der Waals surface area contributed by atoms with Gasteiger partial charge in [0.15, 0.2) is 0 Å². The van der Waals surface area contributed by atoms with E-state index in [2.05, 4.69) is 12.4 Å². The summed E-state index contributed by atoms with van der Waals surface area (Å²) in [4.78, 5) is 21.7. The van der Waals surface area contributed by atoms with Gasteiger partial charge in [-0.25, -0.2) is 0 Å². The van der Waals surface area contributed by atoms with Gasteiger partial charge in [-0.2, -0.15) is 0 Å². The van der Waals surface area contributed by atoms with Crippen LogP contribution in [0.15, 0.2) is 0 Å². The fraction of sp³-hybridized carbons (Fsp3) is 0.895. The van der Waals surface area contributed by atoms with E-state index in [9.17, 15) is 9.59 Å². The summed E-state index contributed by atoms with van der Waals surface area (Å²) in [5.74, 6) is 0.516. The molecule has 0 aromatic heterocycles. The van der Waals surface area contributed by atoms with E-state index in [4.69, 9.17) is 14.6 Å². The Morgan fingerprint density at radius 3 is 2.00 bits per heavy atom. The maximum absolute atomic E-state index is 11.9. The van der Waals surface area contributed by atoms with E-state index in [1.54, 1.807) is 0 Å². The van der Waals surface area contributed by atoms with E-state index in [-0.39, 0.29) is 30.6 Å². The molecule has 0 atom stereocenters. The van der Waals surface area contributed by atoms with Gasteiger partial charge in [0.2, 0.25) is 0 Å². The van der Waals surface area contributed by atoms with Crippen molar-refractivity contribution in [2.24, 2.45) is 5.41 Å². The van der Waals surface area contributed by atoms with E-state index >= 15 is 0 Å². The number of carbonyl (C=O) groups excluding carboxylic acids is 2. The number of hydrogen-bond acceptors (Lipinski definition) is 6. The predicted octanol–water partition coefficient (Wildman–Crippen LogP) is 1.88. The third-order valence-electron chi connectivity index (χ3n) is 5.68. The van der Waals surface area contributed by atoms with Crippen LogP contribution >= 0.6 is 0 Å². The van der Waals surface area contributed by atoms with Crippen molar-refractivity contribution in [3.05, 3.63) is 0 Å². The summed E-state index contributed by atoms with van der Waals surface area (Å²) in [5, 5.41) is 11.8. The fourth-order valence-corrected chi connectivity index (χ4v) is 3.87. The zero-order valence-electron chi connectivity index (χ0n) is 16.3. The topological polar surface area (TPSA) is 84.9 Å².